The second kappa shape index (κ2) is 9.06. The Hall–Kier alpha value is -1.57. The smallest absolute Gasteiger partial charge is 0.232 e. The van der Waals surface area contributed by atoms with Gasteiger partial charge < -0.3 is 14.8 Å². The van der Waals surface area contributed by atoms with Crippen molar-refractivity contribution in [3.05, 3.63) is 41.0 Å². The fourth-order valence-electron chi connectivity index (χ4n) is 4.68. The van der Waals surface area contributed by atoms with Gasteiger partial charge in [0.25, 0.3) is 0 Å². The van der Waals surface area contributed by atoms with Crippen LogP contribution in [0.3, 0.4) is 0 Å². The quantitative estimate of drug-likeness (QED) is 0.751. The number of thioether (sulfide) groups is 1. The van der Waals surface area contributed by atoms with E-state index < -0.39 is 0 Å². The van der Waals surface area contributed by atoms with Gasteiger partial charge in [-0.3, -0.25) is 4.79 Å². The number of hydrogen-bond donors (Lipinski definition) is 1. The van der Waals surface area contributed by atoms with E-state index in [0.717, 1.165) is 57.2 Å². The lowest BCUT2D eigenvalue weighted by atomic mass is 9.95. The molecule has 1 fully saturated rings. The molecule has 1 aromatic carbocycles. The highest BCUT2D eigenvalue weighted by Crippen LogP contribution is 2.30. The third-order valence-corrected chi connectivity index (χ3v) is 7.27. The van der Waals surface area contributed by atoms with E-state index in [1.54, 1.807) is 11.8 Å². The number of hydrogen-bond acceptors (Lipinski definition) is 5. The predicted octanol–water partition coefficient (Wildman–Crippen LogP) is 2.79. The summed E-state index contributed by atoms with van der Waals surface area (Å²) < 4.78 is 2.28. The fraction of sp³-hybridized carbons (Fsp3) is 0.571. The normalized spacial score (nSPS) is 18.8. The first-order valence-electron chi connectivity index (χ1n) is 10.4. The summed E-state index contributed by atoms with van der Waals surface area (Å²) in [5.41, 5.74) is 2.97. The summed E-state index contributed by atoms with van der Waals surface area (Å²) in [5, 5.41) is 12.1. The second-order valence-corrected chi connectivity index (χ2v) is 9.08. The van der Waals surface area contributed by atoms with Crippen molar-refractivity contribution in [1.29, 1.82) is 0 Å². The number of amides is 1. The molecule has 3 heterocycles. The van der Waals surface area contributed by atoms with Crippen molar-refractivity contribution < 1.29 is 4.79 Å². The van der Waals surface area contributed by atoms with Gasteiger partial charge in [0.15, 0.2) is 0 Å². The van der Waals surface area contributed by atoms with Crippen LogP contribution in [0.4, 0.5) is 0 Å². The number of piperidine rings is 1. The van der Waals surface area contributed by atoms with E-state index in [9.17, 15) is 4.79 Å². The second-order valence-electron chi connectivity index (χ2n) is 8.03. The minimum Gasteiger partial charge on any atom is -0.342 e. The highest BCUT2D eigenvalue weighted by molar-refractivity contribution is 8.00. The van der Waals surface area contributed by atoms with Gasteiger partial charge in [-0.2, -0.15) is 0 Å². The average Bonchev–Trinajstić information content (AvgIpc) is 3.38. The van der Waals surface area contributed by atoms with Gasteiger partial charge in [-0.25, -0.2) is 0 Å². The number of aromatic nitrogens is 3. The number of carbonyl (C=O) groups is 1. The number of halogens is 1. The Morgan fingerprint density at radius 3 is 2.83 bits per heavy atom. The van der Waals surface area contributed by atoms with Gasteiger partial charge in [0, 0.05) is 37.0 Å². The molecule has 156 valence electrons. The van der Waals surface area contributed by atoms with Gasteiger partial charge in [-0.15, -0.1) is 34.4 Å². The molecule has 2 aliphatic heterocycles. The fourth-order valence-corrected chi connectivity index (χ4v) is 5.54. The van der Waals surface area contributed by atoms with Crippen molar-refractivity contribution in [2.24, 2.45) is 0 Å². The minimum absolute atomic E-state index is 0. The van der Waals surface area contributed by atoms with Gasteiger partial charge in [-0.05, 0) is 55.4 Å². The molecule has 0 radical (unpaired) electrons. The topological polar surface area (TPSA) is 63.1 Å². The summed E-state index contributed by atoms with van der Waals surface area (Å²) in [4.78, 5) is 16.0. The lowest BCUT2D eigenvalue weighted by molar-refractivity contribution is -0.129. The van der Waals surface area contributed by atoms with Crippen molar-refractivity contribution in [2.75, 3.05) is 25.4 Å². The monoisotopic (exact) mass is 433 g/mol. The van der Waals surface area contributed by atoms with Gasteiger partial charge in [0.05, 0.1) is 12.3 Å². The molecule has 3 aliphatic rings. The van der Waals surface area contributed by atoms with Crippen LogP contribution in [-0.4, -0.2) is 51.0 Å². The van der Waals surface area contributed by atoms with Gasteiger partial charge in [-0.1, -0.05) is 6.07 Å². The molecule has 0 bridgehead atoms. The van der Waals surface area contributed by atoms with Crippen LogP contribution in [0.15, 0.2) is 23.1 Å². The van der Waals surface area contributed by atoms with Crippen LogP contribution in [0.2, 0.25) is 0 Å². The molecule has 29 heavy (non-hydrogen) atoms. The number of fused-ring (bicyclic) bond motifs is 2. The molecule has 1 amide bonds. The number of rotatable bonds is 4. The highest BCUT2D eigenvalue weighted by Gasteiger charge is 2.28. The van der Waals surface area contributed by atoms with E-state index >= 15 is 0 Å². The van der Waals surface area contributed by atoms with E-state index in [1.807, 2.05) is 4.90 Å². The number of aryl methyl sites for hydroxylation is 2. The van der Waals surface area contributed by atoms with Gasteiger partial charge in [0.1, 0.15) is 11.6 Å². The van der Waals surface area contributed by atoms with E-state index in [4.69, 9.17) is 0 Å². The number of likely N-dealkylation sites (tertiary alicyclic amines) is 1. The van der Waals surface area contributed by atoms with E-state index in [2.05, 4.69) is 38.3 Å². The first-order chi connectivity index (χ1) is 13.8. The van der Waals surface area contributed by atoms with Crippen LogP contribution in [0, 0.1) is 0 Å². The standard InChI is InChI=1S/C21H27N5OS.ClH/c27-20(14-28-18-5-4-15-2-1-3-17(15)12-18)25-9-6-16(7-10-25)21-24-23-19-13-22-8-11-26(19)21;/h4-5,12,16,22H,1-3,6-11,13-14H2;1H. The largest absolute Gasteiger partial charge is 0.342 e. The zero-order valence-electron chi connectivity index (χ0n) is 16.6. The van der Waals surface area contributed by atoms with Crippen molar-refractivity contribution in [2.45, 2.75) is 56.0 Å². The Bertz CT molecular complexity index is 878. The zero-order valence-corrected chi connectivity index (χ0v) is 18.2. The van der Waals surface area contributed by atoms with Crippen LogP contribution in [0.5, 0.6) is 0 Å². The molecule has 6 nitrogen and oxygen atoms in total. The van der Waals surface area contributed by atoms with Crippen LogP contribution < -0.4 is 5.32 Å². The molecule has 0 spiro atoms. The molecular weight excluding hydrogens is 406 g/mol. The molecule has 8 heteroatoms. The van der Waals surface area contributed by atoms with Crippen molar-refractivity contribution >= 4 is 30.1 Å². The van der Waals surface area contributed by atoms with Crippen molar-refractivity contribution in [1.82, 2.24) is 25.0 Å². The molecule has 1 saturated heterocycles. The van der Waals surface area contributed by atoms with Crippen LogP contribution in [0.25, 0.3) is 0 Å². The zero-order chi connectivity index (χ0) is 18.9. The Morgan fingerprint density at radius 1 is 1.14 bits per heavy atom. The van der Waals surface area contributed by atoms with E-state index in [0.29, 0.717) is 11.7 Å². The number of nitrogens with zero attached hydrogens (tertiary/aromatic N) is 4. The molecule has 0 unspecified atom stereocenters. The molecule has 5 rings (SSSR count). The minimum atomic E-state index is 0. The van der Waals surface area contributed by atoms with Crippen LogP contribution >= 0.6 is 24.2 Å². The maximum atomic E-state index is 12.7. The maximum absolute atomic E-state index is 12.7. The summed E-state index contributed by atoms with van der Waals surface area (Å²) in [6, 6.07) is 6.71. The number of nitrogens with one attached hydrogen (secondary N) is 1. The summed E-state index contributed by atoms with van der Waals surface area (Å²) >= 11 is 1.68. The Labute approximate surface area is 182 Å². The molecule has 2 aromatic rings. The number of benzene rings is 1. The first kappa shape index (κ1) is 20.7. The van der Waals surface area contributed by atoms with Crippen molar-refractivity contribution in [3.8, 4) is 0 Å². The lowest BCUT2D eigenvalue weighted by Crippen LogP contribution is -2.39. The highest BCUT2D eigenvalue weighted by atomic mass is 35.5. The van der Waals surface area contributed by atoms with Gasteiger partial charge >= 0.3 is 0 Å². The third kappa shape index (κ3) is 4.32. The average molecular weight is 434 g/mol. The summed E-state index contributed by atoms with van der Waals surface area (Å²) in [7, 11) is 0. The molecule has 0 saturated carbocycles. The molecule has 1 aliphatic carbocycles. The van der Waals surface area contributed by atoms with Crippen LogP contribution in [-0.2, 0) is 30.7 Å². The SMILES string of the molecule is Cl.O=C(CSc1ccc2c(c1)CCC2)N1CCC(c2nnc3n2CCNC3)CC1. The summed E-state index contributed by atoms with van der Waals surface area (Å²) in [6.07, 6.45) is 5.64. The van der Waals surface area contributed by atoms with E-state index in [-0.39, 0.29) is 18.3 Å². The molecule has 0 atom stereocenters. The van der Waals surface area contributed by atoms with Crippen molar-refractivity contribution in [3.63, 3.8) is 0 Å². The Balaban J connectivity index is 0.00000205. The molecule has 1 N–H and O–H groups in total. The van der Waals surface area contributed by atoms with Gasteiger partial charge in [0.2, 0.25) is 5.91 Å². The molecule has 1 aromatic heterocycles. The Morgan fingerprint density at radius 2 is 1.97 bits per heavy atom. The summed E-state index contributed by atoms with van der Waals surface area (Å²) in [6.45, 7) is 4.40. The predicted molar refractivity (Wildman–Crippen MR) is 117 cm³/mol. The van der Waals surface area contributed by atoms with Crippen LogP contribution in [0.1, 0.15) is 48.0 Å². The Kier molecular flexibility index (Phi) is 6.47. The van der Waals surface area contributed by atoms with E-state index in [1.165, 1.54) is 35.3 Å². The number of carbonyl (C=O) groups excluding carboxylic acids is 1. The third-order valence-electron chi connectivity index (χ3n) is 6.30. The lowest BCUT2D eigenvalue weighted by Gasteiger charge is -2.32. The maximum Gasteiger partial charge on any atom is 0.232 e. The summed E-state index contributed by atoms with van der Waals surface area (Å²) in [5.74, 6) is 3.39. The first-order valence-corrected chi connectivity index (χ1v) is 11.4. The molecular formula is C21H28ClN5OS.